The number of anilines is 2. The molecule has 2 amide bonds. The maximum atomic E-state index is 13.3. The lowest BCUT2D eigenvalue weighted by Gasteiger charge is -2.31. The lowest BCUT2D eigenvalue weighted by Crippen LogP contribution is -2.33. The Morgan fingerprint density at radius 2 is 1.65 bits per heavy atom. The van der Waals surface area contributed by atoms with E-state index in [1.54, 1.807) is 0 Å². The first kappa shape index (κ1) is 21.4. The Kier molecular flexibility index (Phi) is 6.90. The highest BCUT2D eigenvalue weighted by Crippen LogP contribution is 2.30. The summed E-state index contributed by atoms with van der Waals surface area (Å²) in [6, 6.07) is 15.7. The van der Waals surface area contributed by atoms with Gasteiger partial charge in [0.25, 0.3) is 5.91 Å². The molecule has 2 fully saturated rings. The molecule has 1 atom stereocenters. The maximum absolute atomic E-state index is 13.3. The molecule has 5 heteroatoms. The van der Waals surface area contributed by atoms with E-state index < -0.39 is 0 Å². The fourth-order valence-electron chi connectivity index (χ4n) is 4.74. The highest BCUT2D eigenvalue weighted by Gasteiger charge is 2.24. The lowest BCUT2D eigenvalue weighted by atomic mass is 10.0. The highest BCUT2D eigenvalue weighted by atomic mass is 16.2. The minimum atomic E-state index is -0.103. The summed E-state index contributed by atoms with van der Waals surface area (Å²) in [5.74, 6) is 0.0678. The minimum Gasteiger partial charge on any atom is -0.371 e. The Balaban J connectivity index is 1.56. The van der Waals surface area contributed by atoms with Crippen molar-refractivity contribution in [2.24, 2.45) is 5.92 Å². The number of piperidine rings is 1. The van der Waals surface area contributed by atoms with Crippen LogP contribution in [0.2, 0.25) is 0 Å². The zero-order valence-electron chi connectivity index (χ0n) is 18.4. The Hall–Kier alpha value is -2.82. The molecule has 0 spiro atoms. The fourth-order valence-corrected chi connectivity index (χ4v) is 4.74. The molecule has 5 nitrogen and oxygen atoms in total. The van der Waals surface area contributed by atoms with E-state index in [9.17, 15) is 9.59 Å². The van der Waals surface area contributed by atoms with Crippen LogP contribution in [0.5, 0.6) is 0 Å². The average Bonchev–Trinajstić information content (AvgIpc) is 3.35. The normalized spacial score (nSPS) is 17.9. The first-order valence-electron chi connectivity index (χ1n) is 11.7. The average molecular weight is 420 g/mol. The van der Waals surface area contributed by atoms with E-state index in [0.717, 1.165) is 62.9 Å². The minimum absolute atomic E-state index is 0.0761. The quantitative estimate of drug-likeness (QED) is 0.668. The highest BCUT2D eigenvalue weighted by molar-refractivity contribution is 6.02. The van der Waals surface area contributed by atoms with E-state index in [4.69, 9.17) is 0 Å². The largest absolute Gasteiger partial charge is 0.371 e. The van der Waals surface area contributed by atoms with Crippen molar-refractivity contribution in [1.29, 1.82) is 0 Å². The lowest BCUT2D eigenvalue weighted by molar-refractivity contribution is -0.119. The number of rotatable bonds is 6. The van der Waals surface area contributed by atoms with E-state index >= 15 is 0 Å². The van der Waals surface area contributed by atoms with Gasteiger partial charge in [0.15, 0.2) is 0 Å². The van der Waals surface area contributed by atoms with Gasteiger partial charge in [0.05, 0.1) is 11.6 Å². The number of benzene rings is 2. The topological polar surface area (TPSA) is 61.4 Å². The van der Waals surface area contributed by atoms with Gasteiger partial charge in [0, 0.05) is 30.4 Å². The number of amides is 2. The molecule has 1 saturated heterocycles. The van der Waals surface area contributed by atoms with Gasteiger partial charge in [-0.05, 0) is 62.8 Å². The first-order valence-corrected chi connectivity index (χ1v) is 11.7. The molecule has 0 radical (unpaired) electrons. The van der Waals surface area contributed by atoms with Gasteiger partial charge < -0.3 is 15.5 Å². The van der Waals surface area contributed by atoms with Crippen LogP contribution in [0.4, 0.5) is 11.4 Å². The number of hydrogen-bond acceptors (Lipinski definition) is 3. The molecular weight excluding hydrogens is 386 g/mol. The van der Waals surface area contributed by atoms with Crippen LogP contribution in [0, 0.1) is 5.92 Å². The summed E-state index contributed by atoms with van der Waals surface area (Å²) in [4.78, 5) is 28.3. The zero-order chi connectivity index (χ0) is 21.6. The summed E-state index contributed by atoms with van der Waals surface area (Å²) in [7, 11) is 0. The Labute approximate surface area is 185 Å². The second-order valence-electron chi connectivity index (χ2n) is 8.86. The van der Waals surface area contributed by atoms with Gasteiger partial charge in [-0.15, -0.1) is 0 Å². The second kappa shape index (κ2) is 9.99. The maximum Gasteiger partial charge on any atom is 0.253 e. The summed E-state index contributed by atoms with van der Waals surface area (Å²) < 4.78 is 0. The summed E-state index contributed by atoms with van der Waals surface area (Å²) in [5, 5.41) is 6.21. The van der Waals surface area contributed by atoms with Gasteiger partial charge in [0.1, 0.15) is 0 Å². The number of hydrogen-bond donors (Lipinski definition) is 2. The third-order valence-electron chi connectivity index (χ3n) is 6.58. The van der Waals surface area contributed by atoms with Crippen molar-refractivity contribution in [3.8, 4) is 0 Å². The van der Waals surface area contributed by atoms with E-state index in [1.807, 2.05) is 55.5 Å². The molecule has 2 aromatic rings. The van der Waals surface area contributed by atoms with Crippen molar-refractivity contribution in [3.63, 3.8) is 0 Å². The van der Waals surface area contributed by atoms with Crippen molar-refractivity contribution in [3.05, 3.63) is 59.7 Å². The van der Waals surface area contributed by atoms with Gasteiger partial charge >= 0.3 is 0 Å². The van der Waals surface area contributed by atoms with E-state index in [-0.39, 0.29) is 23.8 Å². The summed E-state index contributed by atoms with van der Waals surface area (Å²) in [5.41, 5.74) is 3.36. The van der Waals surface area contributed by atoms with Gasteiger partial charge in [-0.2, -0.15) is 0 Å². The predicted molar refractivity (Wildman–Crippen MR) is 125 cm³/mol. The summed E-state index contributed by atoms with van der Waals surface area (Å²) in [6.07, 6.45) is 7.68. The summed E-state index contributed by atoms with van der Waals surface area (Å²) >= 11 is 0. The number of nitrogens with zero attached hydrogens (tertiary/aromatic N) is 1. The molecule has 4 rings (SSSR count). The van der Waals surface area contributed by atoms with E-state index in [1.165, 1.54) is 6.42 Å². The van der Waals surface area contributed by atoms with E-state index in [2.05, 4.69) is 15.5 Å². The molecule has 1 saturated carbocycles. The monoisotopic (exact) mass is 419 g/mol. The molecule has 31 heavy (non-hydrogen) atoms. The molecule has 1 heterocycles. The van der Waals surface area contributed by atoms with Crippen LogP contribution >= 0.6 is 0 Å². The van der Waals surface area contributed by atoms with Crippen LogP contribution in [0.25, 0.3) is 0 Å². The van der Waals surface area contributed by atoms with Crippen LogP contribution in [0.15, 0.2) is 48.5 Å². The van der Waals surface area contributed by atoms with Crippen LogP contribution < -0.4 is 15.5 Å². The summed E-state index contributed by atoms with van der Waals surface area (Å²) in [6.45, 7) is 3.92. The molecule has 2 aliphatic rings. The fraction of sp³-hybridized carbons (Fsp3) is 0.462. The molecule has 2 N–H and O–H groups in total. The molecule has 164 valence electrons. The molecular formula is C26H33N3O2. The van der Waals surface area contributed by atoms with Crippen molar-refractivity contribution < 1.29 is 9.59 Å². The standard InChI is InChI=1S/C26H33N3O2/c1-19(20-10-4-2-5-11-20)27-26(31)23-18-22(28-25(30)21-12-6-7-13-21)14-15-24(23)29-16-8-3-9-17-29/h2,4-5,10-11,14-15,18-19,21H,3,6-9,12-13,16-17H2,1H3,(H,27,31)(H,28,30). The zero-order valence-corrected chi connectivity index (χ0v) is 18.4. The van der Waals surface area contributed by atoms with Crippen LogP contribution in [-0.2, 0) is 4.79 Å². The SMILES string of the molecule is CC(NC(=O)c1cc(NC(=O)C2CCCC2)ccc1N1CCCCC1)c1ccccc1. The van der Waals surface area contributed by atoms with Crippen molar-refractivity contribution >= 4 is 23.2 Å². The smallest absolute Gasteiger partial charge is 0.253 e. The third kappa shape index (κ3) is 5.27. The Morgan fingerprint density at radius 3 is 2.35 bits per heavy atom. The van der Waals surface area contributed by atoms with Crippen molar-refractivity contribution in [2.75, 3.05) is 23.3 Å². The van der Waals surface area contributed by atoms with Crippen molar-refractivity contribution in [1.82, 2.24) is 5.32 Å². The van der Waals surface area contributed by atoms with Gasteiger partial charge in [-0.1, -0.05) is 43.2 Å². The molecule has 0 aromatic heterocycles. The molecule has 2 aromatic carbocycles. The molecule has 1 aliphatic heterocycles. The molecule has 1 unspecified atom stereocenters. The second-order valence-corrected chi connectivity index (χ2v) is 8.86. The number of carbonyl (C=O) groups excluding carboxylic acids is 2. The Morgan fingerprint density at radius 1 is 0.935 bits per heavy atom. The van der Waals surface area contributed by atoms with Gasteiger partial charge in [-0.3, -0.25) is 9.59 Å². The van der Waals surface area contributed by atoms with Crippen LogP contribution in [0.3, 0.4) is 0 Å². The molecule has 0 bridgehead atoms. The van der Waals surface area contributed by atoms with E-state index in [0.29, 0.717) is 11.3 Å². The first-order chi connectivity index (χ1) is 15.1. The number of carbonyl (C=O) groups is 2. The third-order valence-corrected chi connectivity index (χ3v) is 6.58. The number of nitrogens with one attached hydrogen (secondary N) is 2. The van der Waals surface area contributed by atoms with Crippen LogP contribution in [0.1, 0.15) is 73.8 Å². The van der Waals surface area contributed by atoms with Crippen LogP contribution in [-0.4, -0.2) is 24.9 Å². The van der Waals surface area contributed by atoms with Crippen molar-refractivity contribution in [2.45, 2.75) is 57.9 Å². The predicted octanol–water partition coefficient (Wildman–Crippen LogP) is 5.30. The molecule has 1 aliphatic carbocycles. The van der Waals surface area contributed by atoms with Gasteiger partial charge in [0.2, 0.25) is 5.91 Å². The Bertz CT molecular complexity index is 900. The van der Waals surface area contributed by atoms with Gasteiger partial charge in [-0.25, -0.2) is 0 Å².